The van der Waals surface area contributed by atoms with E-state index in [0.717, 1.165) is 22.6 Å². The van der Waals surface area contributed by atoms with Gasteiger partial charge in [-0.05, 0) is 43.7 Å². The zero-order valence-corrected chi connectivity index (χ0v) is 13.3. The van der Waals surface area contributed by atoms with Crippen molar-refractivity contribution in [3.05, 3.63) is 58.3 Å². The van der Waals surface area contributed by atoms with Crippen molar-refractivity contribution in [2.75, 3.05) is 0 Å². The van der Waals surface area contributed by atoms with E-state index in [0.29, 0.717) is 9.23 Å². The minimum absolute atomic E-state index is 0.116. The van der Waals surface area contributed by atoms with Crippen LogP contribution in [0.2, 0.25) is 0 Å². The Labute approximate surface area is 133 Å². The van der Waals surface area contributed by atoms with Gasteiger partial charge in [-0.2, -0.15) is 0 Å². The van der Waals surface area contributed by atoms with Crippen LogP contribution in [-0.2, 0) is 4.79 Å². The Balaban J connectivity index is 2.05. The molecule has 1 saturated heterocycles. The van der Waals surface area contributed by atoms with Crippen molar-refractivity contribution in [2.45, 2.75) is 13.8 Å². The van der Waals surface area contributed by atoms with Crippen molar-refractivity contribution in [2.24, 2.45) is 0 Å². The molecule has 2 aromatic rings. The molecule has 5 heteroatoms. The minimum atomic E-state index is -0.116. The summed E-state index contributed by atoms with van der Waals surface area (Å²) in [5.41, 5.74) is 4.41. The second-order valence-corrected chi connectivity index (χ2v) is 6.57. The predicted molar refractivity (Wildman–Crippen MR) is 91.6 cm³/mol. The molecule has 3 rings (SSSR count). The van der Waals surface area contributed by atoms with Crippen LogP contribution in [0.25, 0.3) is 11.8 Å². The van der Waals surface area contributed by atoms with Crippen LogP contribution in [0, 0.1) is 13.8 Å². The topological polar surface area (TPSA) is 34.0 Å². The van der Waals surface area contributed by atoms with E-state index in [-0.39, 0.29) is 5.91 Å². The fourth-order valence-corrected chi connectivity index (χ4v) is 3.51. The summed E-state index contributed by atoms with van der Waals surface area (Å²) in [7, 11) is 0. The number of para-hydroxylation sites is 1. The molecule has 3 nitrogen and oxygen atoms in total. The van der Waals surface area contributed by atoms with Gasteiger partial charge in [0.1, 0.15) is 4.32 Å². The molecule has 0 unspecified atom stereocenters. The first-order chi connectivity index (χ1) is 10.1. The van der Waals surface area contributed by atoms with Gasteiger partial charge in [0.15, 0.2) is 0 Å². The third-order valence-electron chi connectivity index (χ3n) is 3.41. The van der Waals surface area contributed by atoms with Crippen molar-refractivity contribution in [3.8, 4) is 5.69 Å². The van der Waals surface area contributed by atoms with Gasteiger partial charge in [0, 0.05) is 17.1 Å². The highest BCUT2D eigenvalue weighted by atomic mass is 32.2. The molecule has 0 saturated carbocycles. The van der Waals surface area contributed by atoms with Crippen molar-refractivity contribution in [1.29, 1.82) is 0 Å². The maximum Gasteiger partial charge on any atom is 0.263 e. The lowest BCUT2D eigenvalue weighted by atomic mass is 10.2. The summed E-state index contributed by atoms with van der Waals surface area (Å²) in [5, 5.41) is 2.64. The summed E-state index contributed by atoms with van der Waals surface area (Å²) < 4.78 is 2.70. The Hall–Kier alpha value is -1.85. The molecule has 0 aliphatic carbocycles. The van der Waals surface area contributed by atoms with E-state index in [4.69, 9.17) is 12.2 Å². The van der Waals surface area contributed by atoms with Gasteiger partial charge in [0.25, 0.3) is 5.91 Å². The Morgan fingerprint density at radius 2 is 1.95 bits per heavy atom. The number of benzene rings is 1. The van der Waals surface area contributed by atoms with Crippen LogP contribution in [0.4, 0.5) is 0 Å². The lowest BCUT2D eigenvalue weighted by Gasteiger charge is -2.09. The average molecular weight is 314 g/mol. The molecule has 0 spiro atoms. The van der Waals surface area contributed by atoms with Crippen LogP contribution in [0.1, 0.15) is 17.0 Å². The highest BCUT2D eigenvalue weighted by Crippen LogP contribution is 2.29. The first-order valence-corrected chi connectivity index (χ1v) is 7.78. The number of hydrogen-bond donors (Lipinski definition) is 1. The minimum Gasteiger partial charge on any atom is -0.318 e. The van der Waals surface area contributed by atoms with Crippen LogP contribution in [0.3, 0.4) is 0 Å². The van der Waals surface area contributed by atoms with E-state index >= 15 is 0 Å². The Morgan fingerprint density at radius 1 is 1.24 bits per heavy atom. The first kappa shape index (κ1) is 14.1. The maximum atomic E-state index is 11.8. The van der Waals surface area contributed by atoms with Crippen molar-refractivity contribution < 1.29 is 4.79 Å². The third kappa shape index (κ3) is 2.66. The van der Waals surface area contributed by atoms with Gasteiger partial charge >= 0.3 is 0 Å². The fraction of sp³-hybridized carbons (Fsp3) is 0.125. The summed E-state index contributed by atoms with van der Waals surface area (Å²) in [6.07, 6.45) is 1.90. The molecule has 0 atom stereocenters. The number of aromatic nitrogens is 1. The number of carbonyl (C=O) groups excluding carboxylic acids is 1. The lowest BCUT2D eigenvalue weighted by molar-refractivity contribution is -0.115. The molecular weight excluding hydrogens is 300 g/mol. The number of nitrogens with one attached hydrogen (secondary N) is 1. The van der Waals surface area contributed by atoms with Gasteiger partial charge in [-0.25, -0.2) is 0 Å². The largest absolute Gasteiger partial charge is 0.318 e. The molecule has 1 aromatic carbocycles. The van der Waals surface area contributed by atoms with Gasteiger partial charge < -0.3 is 9.88 Å². The lowest BCUT2D eigenvalue weighted by Crippen LogP contribution is -2.17. The number of thioether (sulfide) groups is 1. The van der Waals surface area contributed by atoms with Crippen LogP contribution in [-0.4, -0.2) is 14.8 Å². The zero-order valence-electron chi connectivity index (χ0n) is 11.7. The number of amides is 1. The number of rotatable bonds is 2. The molecule has 1 N–H and O–H groups in total. The van der Waals surface area contributed by atoms with Crippen LogP contribution >= 0.6 is 24.0 Å². The van der Waals surface area contributed by atoms with E-state index in [9.17, 15) is 4.79 Å². The molecule has 1 aliphatic heterocycles. The monoisotopic (exact) mass is 314 g/mol. The van der Waals surface area contributed by atoms with Gasteiger partial charge in [0.2, 0.25) is 0 Å². The van der Waals surface area contributed by atoms with E-state index in [1.54, 1.807) is 0 Å². The van der Waals surface area contributed by atoms with Crippen LogP contribution in [0.15, 0.2) is 41.3 Å². The number of thiocarbonyl (C=S) groups is 1. The fourth-order valence-electron chi connectivity index (χ4n) is 2.47. The summed E-state index contributed by atoms with van der Waals surface area (Å²) in [6, 6.07) is 12.3. The van der Waals surface area contributed by atoms with Gasteiger partial charge in [-0.15, -0.1) is 0 Å². The number of nitrogens with zero attached hydrogens (tertiary/aromatic N) is 1. The molecule has 1 aliphatic rings. The molecule has 0 radical (unpaired) electrons. The Kier molecular flexibility index (Phi) is 3.69. The summed E-state index contributed by atoms with van der Waals surface area (Å²) in [5.74, 6) is -0.116. The highest BCUT2D eigenvalue weighted by molar-refractivity contribution is 8.26. The Bertz CT molecular complexity index is 760. The Morgan fingerprint density at radius 3 is 2.57 bits per heavy atom. The molecule has 1 aromatic heterocycles. The van der Waals surface area contributed by atoms with Crippen LogP contribution in [0.5, 0.6) is 0 Å². The maximum absolute atomic E-state index is 11.8. The second-order valence-electron chi connectivity index (χ2n) is 4.85. The normalized spacial score (nSPS) is 16.6. The number of aryl methyl sites for hydroxylation is 1. The van der Waals surface area contributed by atoms with E-state index in [1.165, 1.54) is 11.8 Å². The van der Waals surface area contributed by atoms with E-state index in [1.807, 2.05) is 24.3 Å². The number of carbonyl (C=O) groups is 1. The smallest absolute Gasteiger partial charge is 0.263 e. The molecule has 1 amide bonds. The van der Waals surface area contributed by atoms with Gasteiger partial charge in [-0.1, -0.05) is 42.2 Å². The molecular formula is C16H14N2OS2. The highest BCUT2D eigenvalue weighted by Gasteiger charge is 2.22. The van der Waals surface area contributed by atoms with E-state index in [2.05, 4.69) is 41.9 Å². The summed E-state index contributed by atoms with van der Waals surface area (Å²) >= 11 is 6.33. The third-order valence-corrected chi connectivity index (χ3v) is 4.58. The summed E-state index contributed by atoms with van der Waals surface area (Å²) in [4.78, 5) is 12.4. The van der Waals surface area contributed by atoms with Gasteiger partial charge in [-0.3, -0.25) is 4.79 Å². The van der Waals surface area contributed by atoms with Gasteiger partial charge in [0.05, 0.1) is 4.91 Å². The van der Waals surface area contributed by atoms with Crippen molar-refractivity contribution in [3.63, 3.8) is 0 Å². The van der Waals surface area contributed by atoms with Crippen LogP contribution < -0.4 is 5.32 Å². The molecule has 0 bridgehead atoms. The standard InChI is InChI=1S/C16H14N2OS2/c1-10-8-12(9-14-15(19)17-16(20)21-14)11(2)18(10)13-6-4-3-5-7-13/h3-9H,1-2H3,(H,17,19,20)/b14-9+. The first-order valence-electron chi connectivity index (χ1n) is 6.55. The number of hydrogen-bond acceptors (Lipinski definition) is 3. The van der Waals surface area contributed by atoms with Crippen molar-refractivity contribution >= 4 is 40.3 Å². The average Bonchev–Trinajstić information content (AvgIpc) is 2.91. The molecule has 2 heterocycles. The summed E-state index contributed by atoms with van der Waals surface area (Å²) in [6.45, 7) is 4.12. The zero-order chi connectivity index (χ0) is 15.0. The molecule has 1 fully saturated rings. The molecule has 21 heavy (non-hydrogen) atoms. The SMILES string of the molecule is Cc1cc(/C=C2/SC(=S)NC2=O)c(C)n1-c1ccccc1. The second kappa shape index (κ2) is 5.50. The quantitative estimate of drug-likeness (QED) is 0.679. The predicted octanol–water partition coefficient (Wildman–Crippen LogP) is 3.58. The molecule has 106 valence electrons. The van der Waals surface area contributed by atoms with E-state index < -0.39 is 0 Å². The van der Waals surface area contributed by atoms with Crippen molar-refractivity contribution in [1.82, 2.24) is 9.88 Å².